The molecule has 114 valence electrons. The summed E-state index contributed by atoms with van der Waals surface area (Å²) in [5.74, 6) is 0.729. The number of rotatable bonds is 4. The molecule has 0 saturated heterocycles. The largest absolute Gasteiger partial charge is 0.362 e. The number of H-pyrrole nitrogens is 1. The molecule has 23 heavy (non-hydrogen) atoms. The first-order valence-corrected chi connectivity index (χ1v) is 7.32. The average Bonchev–Trinajstić information content (AvgIpc) is 3.25. The number of para-hydroxylation sites is 1. The zero-order valence-corrected chi connectivity index (χ0v) is 12.5. The van der Waals surface area contributed by atoms with E-state index in [1.807, 2.05) is 47.4 Å². The molecule has 1 atom stereocenters. The van der Waals surface area contributed by atoms with Crippen LogP contribution in [-0.4, -0.2) is 29.7 Å². The van der Waals surface area contributed by atoms with E-state index in [0.717, 1.165) is 22.6 Å². The van der Waals surface area contributed by atoms with Gasteiger partial charge in [-0.3, -0.25) is 0 Å². The molecule has 4 rings (SSSR count). The van der Waals surface area contributed by atoms with Gasteiger partial charge in [-0.15, -0.1) is 0 Å². The van der Waals surface area contributed by atoms with Gasteiger partial charge in [-0.05, 0) is 19.1 Å². The molecule has 4 aromatic rings. The maximum atomic E-state index is 4.43. The van der Waals surface area contributed by atoms with Crippen LogP contribution in [0.15, 0.2) is 55.4 Å². The molecular weight excluding hydrogens is 290 g/mol. The Kier molecular flexibility index (Phi) is 3.23. The van der Waals surface area contributed by atoms with Gasteiger partial charge in [0.05, 0.1) is 24.3 Å². The van der Waals surface area contributed by atoms with E-state index < -0.39 is 0 Å². The molecule has 7 heteroatoms. The van der Waals surface area contributed by atoms with Crippen LogP contribution in [0.25, 0.3) is 16.9 Å². The number of anilines is 1. The second-order valence-corrected chi connectivity index (χ2v) is 5.24. The molecule has 0 unspecified atom stereocenters. The summed E-state index contributed by atoms with van der Waals surface area (Å²) >= 11 is 0. The van der Waals surface area contributed by atoms with Gasteiger partial charge in [0, 0.05) is 11.8 Å². The van der Waals surface area contributed by atoms with Crippen molar-refractivity contribution in [2.45, 2.75) is 13.0 Å². The molecule has 0 aliphatic rings. The lowest BCUT2D eigenvalue weighted by Crippen LogP contribution is -2.08. The lowest BCUT2D eigenvalue weighted by Gasteiger charge is -2.12. The number of nitrogens with one attached hydrogen (secondary N) is 2. The number of imidazole rings is 1. The molecular formula is C16H15N7. The Morgan fingerprint density at radius 2 is 2.00 bits per heavy atom. The van der Waals surface area contributed by atoms with Crippen molar-refractivity contribution < 1.29 is 0 Å². The Morgan fingerprint density at radius 3 is 2.87 bits per heavy atom. The van der Waals surface area contributed by atoms with Crippen molar-refractivity contribution in [2.24, 2.45) is 0 Å². The van der Waals surface area contributed by atoms with Crippen molar-refractivity contribution in [1.29, 1.82) is 0 Å². The molecule has 3 aromatic heterocycles. The van der Waals surface area contributed by atoms with Gasteiger partial charge < -0.3 is 10.3 Å². The molecule has 0 aliphatic carbocycles. The summed E-state index contributed by atoms with van der Waals surface area (Å²) in [5, 5.41) is 7.80. The summed E-state index contributed by atoms with van der Waals surface area (Å²) in [5.41, 5.74) is 3.55. The minimum Gasteiger partial charge on any atom is -0.362 e. The molecule has 1 aromatic carbocycles. The van der Waals surface area contributed by atoms with Crippen molar-refractivity contribution >= 4 is 17.0 Å². The number of fused-ring (bicyclic) bond motifs is 1. The van der Waals surface area contributed by atoms with Gasteiger partial charge in [-0.25, -0.2) is 19.6 Å². The van der Waals surface area contributed by atoms with E-state index in [9.17, 15) is 0 Å². The predicted octanol–water partition coefficient (Wildman–Crippen LogP) is 2.71. The summed E-state index contributed by atoms with van der Waals surface area (Å²) in [6.07, 6.45) is 6.99. The number of nitrogens with zero attached hydrogens (tertiary/aromatic N) is 5. The third-order valence-corrected chi connectivity index (χ3v) is 3.70. The number of aromatic nitrogens is 6. The number of hydrogen-bond donors (Lipinski definition) is 2. The molecule has 0 spiro atoms. The molecule has 0 radical (unpaired) electrons. The van der Waals surface area contributed by atoms with Gasteiger partial charge in [0.25, 0.3) is 0 Å². The lowest BCUT2D eigenvalue weighted by atomic mass is 10.2. The SMILES string of the molecule is C[C@@H](Nc1ncnc2nc[nH]c12)c1cnn(-c2ccccc2)c1. The van der Waals surface area contributed by atoms with E-state index in [1.165, 1.54) is 6.33 Å². The van der Waals surface area contributed by atoms with Crippen molar-refractivity contribution in [3.8, 4) is 5.69 Å². The summed E-state index contributed by atoms with van der Waals surface area (Å²) in [6, 6.07) is 10.1. The quantitative estimate of drug-likeness (QED) is 0.605. The topological polar surface area (TPSA) is 84.3 Å². The smallest absolute Gasteiger partial charge is 0.182 e. The van der Waals surface area contributed by atoms with E-state index in [2.05, 4.69) is 37.3 Å². The highest BCUT2D eigenvalue weighted by molar-refractivity contribution is 5.82. The average molecular weight is 305 g/mol. The maximum Gasteiger partial charge on any atom is 0.182 e. The molecule has 0 bridgehead atoms. The Morgan fingerprint density at radius 1 is 1.13 bits per heavy atom. The first kappa shape index (κ1) is 13.4. The van der Waals surface area contributed by atoms with Crippen molar-refractivity contribution in [3.05, 3.63) is 60.9 Å². The normalized spacial score (nSPS) is 12.4. The van der Waals surface area contributed by atoms with Crippen molar-refractivity contribution in [2.75, 3.05) is 5.32 Å². The fraction of sp³-hybridized carbons (Fsp3) is 0.125. The van der Waals surface area contributed by atoms with E-state index in [4.69, 9.17) is 0 Å². The van der Waals surface area contributed by atoms with E-state index in [1.54, 1.807) is 6.33 Å². The highest BCUT2D eigenvalue weighted by Crippen LogP contribution is 2.22. The van der Waals surface area contributed by atoms with Crippen LogP contribution in [0, 0.1) is 0 Å². The first-order valence-electron chi connectivity index (χ1n) is 7.32. The van der Waals surface area contributed by atoms with Gasteiger partial charge in [-0.1, -0.05) is 18.2 Å². The van der Waals surface area contributed by atoms with Gasteiger partial charge in [0.2, 0.25) is 0 Å². The molecule has 0 amide bonds. The molecule has 0 aliphatic heterocycles. The monoisotopic (exact) mass is 305 g/mol. The van der Waals surface area contributed by atoms with Crippen LogP contribution in [0.4, 0.5) is 5.82 Å². The third kappa shape index (κ3) is 2.52. The predicted molar refractivity (Wildman–Crippen MR) is 87.3 cm³/mol. The zero-order valence-electron chi connectivity index (χ0n) is 12.5. The second kappa shape index (κ2) is 5.53. The Hall–Kier alpha value is -3.22. The van der Waals surface area contributed by atoms with Crippen LogP contribution in [0.5, 0.6) is 0 Å². The van der Waals surface area contributed by atoms with Crippen LogP contribution >= 0.6 is 0 Å². The first-order chi connectivity index (χ1) is 11.3. The van der Waals surface area contributed by atoms with Crippen LogP contribution < -0.4 is 5.32 Å². The van der Waals surface area contributed by atoms with E-state index >= 15 is 0 Å². The zero-order chi connectivity index (χ0) is 15.6. The van der Waals surface area contributed by atoms with Crippen molar-refractivity contribution in [3.63, 3.8) is 0 Å². The summed E-state index contributed by atoms with van der Waals surface area (Å²) in [7, 11) is 0. The standard InChI is InChI=1S/C16H15N7/c1-11(22-16-14-15(18-9-17-14)19-10-20-16)12-7-21-23(8-12)13-5-3-2-4-6-13/h2-11H,1H3,(H2,17,18,19,20,22)/t11-/m1/s1. The van der Waals surface area contributed by atoms with Crippen LogP contribution in [0.1, 0.15) is 18.5 Å². The van der Waals surface area contributed by atoms with Crippen LogP contribution in [-0.2, 0) is 0 Å². The Labute approximate surface area is 132 Å². The number of hydrogen-bond acceptors (Lipinski definition) is 5. The Bertz CT molecular complexity index is 926. The second-order valence-electron chi connectivity index (χ2n) is 5.24. The minimum absolute atomic E-state index is 0.0499. The van der Waals surface area contributed by atoms with Gasteiger partial charge in [-0.2, -0.15) is 5.10 Å². The van der Waals surface area contributed by atoms with Gasteiger partial charge >= 0.3 is 0 Å². The van der Waals surface area contributed by atoms with Gasteiger partial charge in [0.15, 0.2) is 11.5 Å². The molecule has 3 heterocycles. The van der Waals surface area contributed by atoms with E-state index in [-0.39, 0.29) is 6.04 Å². The molecule has 2 N–H and O–H groups in total. The van der Waals surface area contributed by atoms with Crippen LogP contribution in [0.3, 0.4) is 0 Å². The molecule has 7 nitrogen and oxygen atoms in total. The molecule has 0 fully saturated rings. The molecule has 0 saturated carbocycles. The van der Waals surface area contributed by atoms with Crippen LogP contribution in [0.2, 0.25) is 0 Å². The third-order valence-electron chi connectivity index (χ3n) is 3.70. The minimum atomic E-state index is 0.0499. The summed E-state index contributed by atoms with van der Waals surface area (Å²) < 4.78 is 1.86. The number of benzene rings is 1. The fourth-order valence-corrected chi connectivity index (χ4v) is 2.45. The highest BCUT2D eigenvalue weighted by atomic mass is 15.3. The Balaban J connectivity index is 1.59. The highest BCUT2D eigenvalue weighted by Gasteiger charge is 2.12. The maximum absolute atomic E-state index is 4.43. The van der Waals surface area contributed by atoms with E-state index in [0.29, 0.717) is 5.65 Å². The summed E-state index contributed by atoms with van der Waals surface area (Å²) in [6.45, 7) is 2.07. The number of aromatic amines is 1. The van der Waals surface area contributed by atoms with Crippen molar-refractivity contribution in [1.82, 2.24) is 29.7 Å². The lowest BCUT2D eigenvalue weighted by molar-refractivity contribution is 0.864. The fourth-order valence-electron chi connectivity index (χ4n) is 2.45. The van der Waals surface area contributed by atoms with Gasteiger partial charge in [0.1, 0.15) is 11.8 Å². The summed E-state index contributed by atoms with van der Waals surface area (Å²) in [4.78, 5) is 15.6.